The molecule has 0 atom stereocenters. The highest BCUT2D eigenvalue weighted by atomic mass is 28.4. The van der Waals surface area contributed by atoms with Crippen molar-refractivity contribution in [1.82, 2.24) is 0 Å². The fourth-order valence-corrected chi connectivity index (χ4v) is 5.28. The first kappa shape index (κ1) is 43.9. The second-order valence-electron chi connectivity index (χ2n) is 13.3. The van der Waals surface area contributed by atoms with E-state index in [4.69, 9.17) is 42.3 Å². The summed E-state index contributed by atoms with van der Waals surface area (Å²) in [5, 5.41) is 0.221. The Morgan fingerprint density at radius 3 is 1.23 bits per heavy atom. The molecule has 0 fully saturated rings. The monoisotopic (exact) mass is 686 g/mol. The van der Waals surface area contributed by atoms with Gasteiger partial charge in [-0.15, -0.1) is 0 Å². The molecule has 0 unspecified atom stereocenters. The predicted molar refractivity (Wildman–Crippen MR) is 193 cm³/mol. The van der Waals surface area contributed by atoms with Crippen LogP contribution in [-0.4, -0.2) is 114 Å². The number of hydrogen-bond acceptors (Lipinski definition) is 9. The van der Waals surface area contributed by atoms with Gasteiger partial charge in [0, 0.05) is 0 Å². The first-order valence-corrected chi connectivity index (χ1v) is 21.1. The number of aryl methyl sites for hydroxylation is 1. The Kier molecular flexibility index (Phi) is 27.9. The average molecular weight is 687 g/mol. The minimum absolute atomic E-state index is 0.221. The molecule has 0 amide bonds. The van der Waals surface area contributed by atoms with Gasteiger partial charge in [-0.3, -0.25) is 0 Å². The lowest BCUT2D eigenvalue weighted by atomic mass is 10.0. The Bertz CT molecular complexity index is 802. The van der Waals surface area contributed by atoms with Crippen molar-refractivity contribution in [3.05, 3.63) is 29.8 Å². The Balaban J connectivity index is 1.75. The highest BCUT2D eigenvalue weighted by Gasteiger charge is 2.36. The van der Waals surface area contributed by atoms with Crippen molar-refractivity contribution in [3.63, 3.8) is 0 Å². The van der Waals surface area contributed by atoms with Gasteiger partial charge >= 0.3 is 0 Å². The van der Waals surface area contributed by atoms with E-state index in [-0.39, 0.29) is 5.04 Å². The van der Waals surface area contributed by atoms with E-state index in [2.05, 4.69) is 65.1 Å². The molecule has 0 radical (unpaired) electrons. The molecule has 0 aliphatic rings. The van der Waals surface area contributed by atoms with Crippen LogP contribution in [-0.2, 0) is 44.0 Å². The maximum absolute atomic E-state index is 6.09. The van der Waals surface area contributed by atoms with Gasteiger partial charge in [0.05, 0.1) is 99.1 Å². The molecule has 0 heterocycles. The first-order valence-electron chi connectivity index (χ1n) is 18.2. The maximum Gasteiger partial charge on any atom is 0.192 e. The van der Waals surface area contributed by atoms with Crippen molar-refractivity contribution in [2.75, 3.05) is 106 Å². The zero-order valence-corrected chi connectivity index (χ0v) is 32.0. The standard InChI is InChI=1S/C37H70O9Si/c1-7-8-9-10-11-12-13-14-35-15-17-36(18-16-35)45-33-31-43-29-27-41-25-23-39-21-19-38-20-22-40-24-26-42-28-30-44-32-34-46-47(5,6)37(2,3)4/h15-18H,7-14,19-34H2,1-6H3. The summed E-state index contributed by atoms with van der Waals surface area (Å²) >= 11 is 0. The Morgan fingerprint density at radius 1 is 0.468 bits per heavy atom. The molecular formula is C37H70O9Si. The molecule has 0 saturated carbocycles. The minimum atomic E-state index is -1.69. The normalized spacial score (nSPS) is 12.2. The van der Waals surface area contributed by atoms with Gasteiger partial charge in [0.2, 0.25) is 0 Å². The second-order valence-corrected chi connectivity index (χ2v) is 18.1. The quantitative estimate of drug-likeness (QED) is 0.0541. The van der Waals surface area contributed by atoms with Gasteiger partial charge < -0.3 is 42.3 Å². The fourth-order valence-electron chi connectivity index (χ4n) is 4.25. The molecule has 0 aliphatic carbocycles. The van der Waals surface area contributed by atoms with E-state index >= 15 is 0 Å². The largest absolute Gasteiger partial charge is 0.491 e. The van der Waals surface area contributed by atoms with Gasteiger partial charge in [-0.2, -0.15) is 0 Å². The van der Waals surface area contributed by atoms with Gasteiger partial charge in [0.15, 0.2) is 8.32 Å². The molecule has 1 aromatic carbocycles. The number of unbranched alkanes of at least 4 members (excludes halogenated alkanes) is 6. The number of ether oxygens (including phenoxy) is 8. The zero-order chi connectivity index (χ0) is 34.3. The molecule has 0 saturated heterocycles. The third-order valence-electron chi connectivity index (χ3n) is 8.22. The molecule has 47 heavy (non-hydrogen) atoms. The molecule has 1 aromatic rings. The number of rotatable bonds is 34. The molecule has 0 spiro atoms. The van der Waals surface area contributed by atoms with E-state index in [1.807, 2.05) is 0 Å². The maximum atomic E-state index is 6.09. The van der Waals surface area contributed by atoms with Crippen LogP contribution in [0.1, 0.15) is 78.2 Å². The summed E-state index contributed by atoms with van der Waals surface area (Å²) in [6.07, 6.45) is 10.5. The average Bonchev–Trinajstić information content (AvgIpc) is 3.04. The van der Waals surface area contributed by atoms with Gasteiger partial charge in [-0.25, -0.2) is 0 Å². The molecule has 1 rings (SSSR count). The van der Waals surface area contributed by atoms with Crippen molar-refractivity contribution in [2.24, 2.45) is 0 Å². The summed E-state index contributed by atoms with van der Waals surface area (Å²) in [4.78, 5) is 0. The van der Waals surface area contributed by atoms with E-state index in [1.165, 1.54) is 50.5 Å². The van der Waals surface area contributed by atoms with Crippen LogP contribution in [0, 0.1) is 0 Å². The Hall–Kier alpha value is -1.08. The van der Waals surface area contributed by atoms with Gasteiger partial charge in [0.25, 0.3) is 0 Å². The molecule has 0 N–H and O–H groups in total. The summed E-state index contributed by atoms with van der Waals surface area (Å²) < 4.78 is 50.7. The van der Waals surface area contributed by atoms with Crippen molar-refractivity contribution in [3.8, 4) is 5.75 Å². The second kappa shape index (κ2) is 29.8. The van der Waals surface area contributed by atoms with Crippen LogP contribution in [0.3, 0.4) is 0 Å². The molecule has 0 bridgehead atoms. The van der Waals surface area contributed by atoms with Crippen molar-refractivity contribution >= 4 is 8.32 Å². The van der Waals surface area contributed by atoms with E-state index in [1.54, 1.807) is 0 Å². The summed E-state index contributed by atoms with van der Waals surface area (Å²) in [5.74, 6) is 0.892. The van der Waals surface area contributed by atoms with Crippen LogP contribution in [0.2, 0.25) is 18.1 Å². The molecule has 0 aliphatic heterocycles. The predicted octanol–water partition coefficient (Wildman–Crippen LogP) is 7.50. The highest BCUT2D eigenvalue weighted by Crippen LogP contribution is 2.36. The molecule has 0 aromatic heterocycles. The lowest BCUT2D eigenvalue weighted by molar-refractivity contribution is -0.0220. The van der Waals surface area contributed by atoms with Crippen LogP contribution >= 0.6 is 0 Å². The lowest BCUT2D eigenvalue weighted by Gasteiger charge is -2.36. The third-order valence-corrected chi connectivity index (χ3v) is 12.8. The lowest BCUT2D eigenvalue weighted by Crippen LogP contribution is -2.41. The van der Waals surface area contributed by atoms with E-state index in [0.717, 1.165) is 12.2 Å². The summed E-state index contributed by atoms with van der Waals surface area (Å²) in [6, 6.07) is 8.47. The van der Waals surface area contributed by atoms with Crippen LogP contribution in [0.4, 0.5) is 0 Å². The van der Waals surface area contributed by atoms with Crippen LogP contribution < -0.4 is 4.74 Å². The summed E-state index contributed by atoms with van der Waals surface area (Å²) in [7, 11) is -1.69. The highest BCUT2D eigenvalue weighted by molar-refractivity contribution is 6.74. The minimum Gasteiger partial charge on any atom is -0.491 e. The topological polar surface area (TPSA) is 83.1 Å². The SMILES string of the molecule is CCCCCCCCCc1ccc(OCCOCCOCCOCCOCCOCCOCCOCCO[Si](C)(C)C(C)(C)C)cc1. The van der Waals surface area contributed by atoms with Gasteiger partial charge in [-0.05, 0) is 48.7 Å². The van der Waals surface area contributed by atoms with Crippen LogP contribution in [0.15, 0.2) is 24.3 Å². The third kappa shape index (κ3) is 26.5. The number of benzene rings is 1. The fraction of sp³-hybridized carbons (Fsp3) is 0.838. The van der Waals surface area contributed by atoms with Crippen molar-refractivity contribution in [2.45, 2.75) is 97.2 Å². The summed E-state index contributed by atoms with van der Waals surface area (Å²) in [5.41, 5.74) is 1.38. The smallest absolute Gasteiger partial charge is 0.192 e. The van der Waals surface area contributed by atoms with Crippen molar-refractivity contribution in [1.29, 1.82) is 0 Å². The van der Waals surface area contributed by atoms with E-state index < -0.39 is 8.32 Å². The van der Waals surface area contributed by atoms with E-state index in [0.29, 0.717) is 106 Å². The molecule has 10 heteroatoms. The van der Waals surface area contributed by atoms with E-state index in [9.17, 15) is 0 Å². The molecule has 276 valence electrons. The van der Waals surface area contributed by atoms with Crippen LogP contribution in [0.5, 0.6) is 5.75 Å². The van der Waals surface area contributed by atoms with Crippen molar-refractivity contribution < 1.29 is 42.3 Å². The molecular weight excluding hydrogens is 616 g/mol. The number of hydrogen-bond donors (Lipinski definition) is 0. The van der Waals surface area contributed by atoms with Crippen LogP contribution in [0.25, 0.3) is 0 Å². The van der Waals surface area contributed by atoms with Gasteiger partial charge in [0.1, 0.15) is 12.4 Å². The van der Waals surface area contributed by atoms with Gasteiger partial charge in [-0.1, -0.05) is 78.4 Å². The first-order chi connectivity index (χ1) is 22.8. The zero-order valence-electron chi connectivity index (χ0n) is 31.0. The molecule has 9 nitrogen and oxygen atoms in total. The Morgan fingerprint density at radius 2 is 0.830 bits per heavy atom. The summed E-state index contributed by atoms with van der Waals surface area (Å²) in [6.45, 7) is 22.2. The Labute approximate surface area is 288 Å².